The fourth-order valence-corrected chi connectivity index (χ4v) is 3.51. The molecule has 1 atom stereocenters. The van der Waals surface area contributed by atoms with Crippen molar-refractivity contribution < 1.29 is 9.68 Å². The van der Waals surface area contributed by atoms with Crippen LogP contribution in [0, 0.1) is 5.41 Å². The number of benzene rings is 1. The van der Waals surface area contributed by atoms with Crippen molar-refractivity contribution in [1.82, 2.24) is 25.0 Å². The van der Waals surface area contributed by atoms with Gasteiger partial charge in [-0.05, 0) is 50.8 Å². The minimum atomic E-state index is 0.164. The average molecular weight is 390 g/mol. The number of rotatable bonds is 8. The van der Waals surface area contributed by atoms with Crippen molar-refractivity contribution in [2.45, 2.75) is 46.3 Å². The molecule has 3 rings (SSSR count). The molecule has 2 aromatic rings. The molecule has 1 aliphatic heterocycles. The molecule has 0 bridgehead atoms. The van der Waals surface area contributed by atoms with Gasteiger partial charge in [-0.3, -0.25) is 4.84 Å². The van der Waals surface area contributed by atoms with E-state index in [2.05, 4.69) is 68.0 Å². The first-order valence-electron chi connectivity index (χ1n) is 10.1. The van der Waals surface area contributed by atoms with Crippen molar-refractivity contribution in [1.29, 1.82) is 0 Å². The molecule has 0 spiro atoms. The number of likely N-dealkylation sites (N-methyl/N-ethyl adjacent to an activating group) is 2. The lowest BCUT2D eigenvalue weighted by molar-refractivity contribution is -0.140. The molecule has 7 nitrogen and oxygen atoms in total. The van der Waals surface area contributed by atoms with Gasteiger partial charge in [-0.1, -0.05) is 20.8 Å². The molecule has 1 aliphatic rings. The Hall–Kier alpha value is -1.67. The third-order valence-electron chi connectivity index (χ3n) is 4.98. The summed E-state index contributed by atoms with van der Waals surface area (Å²) < 4.78 is 2.34. The van der Waals surface area contributed by atoms with Crippen LogP contribution in [0.5, 0.6) is 5.75 Å². The summed E-state index contributed by atoms with van der Waals surface area (Å²) in [6, 6.07) is 6.03. The Morgan fingerprint density at radius 1 is 1.29 bits per heavy atom. The number of imidazole rings is 1. The SMILES string of the molecule is CN(C)CCn1c(CC(C)(C)C)nc2cc(ONOC3CCN(C)C3)ccc21. The van der Waals surface area contributed by atoms with E-state index in [1.54, 1.807) is 0 Å². The summed E-state index contributed by atoms with van der Waals surface area (Å²) in [5, 5.41) is 0. The first-order valence-corrected chi connectivity index (χ1v) is 10.1. The van der Waals surface area contributed by atoms with Gasteiger partial charge in [0.25, 0.3) is 0 Å². The summed E-state index contributed by atoms with van der Waals surface area (Å²) in [6.45, 7) is 10.6. The maximum Gasteiger partial charge on any atom is 0.152 e. The maximum atomic E-state index is 5.61. The van der Waals surface area contributed by atoms with Crippen LogP contribution < -0.4 is 10.5 Å². The highest BCUT2D eigenvalue weighted by Crippen LogP contribution is 2.26. The molecule has 1 aromatic heterocycles. The number of aromatic nitrogens is 2. The van der Waals surface area contributed by atoms with E-state index in [4.69, 9.17) is 14.7 Å². The summed E-state index contributed by atoms with van der Waals surface area (Å²) in [7, 11) is 6.30. The van der Waals surface area contributed by atoms with Gasteiger partial charge in [0, 0.05) is 38.7 Å². The summed E-state index contributed by atoms with van der Waals surface area (Å²) >= 11 is 0. The van der Waals surface area contributed by atoms with E-state index in [9.17, 15) is 0 Å². The van der Waals surface area contributed by atoms with Gasteiger partial charge in [0.05, 0.1) is 17.1 Å². The van der Waals surface area contributed by atoms with Crippen LogP contribution in [0.1, 0.15) is 33.0 Å². The first kappa shape index (κ1) is 21.0. The summed E-state index contributed by atoms with van der Waals surface area (Å²) in [5.41, 5.74) is 4.94. The molecule has 156 valence electrons. The smallest absolute Gasteiger partial charge is 0.152 e. The summed E-state index contributed by atoms with van der Waals surface area (Å²) in [4.78, 5) is 20.6. The molecule has 1 saturated heterocycles. The predicted octanol–water partition coefficient (Wildman–Crippen LogP) is 2.71. The van der Waals surface area contributed by atoms with Crippen molar-refractivity contribution in [2.75, 3.05) is 40.8 Å². The summed E-state index contributed by atoms with van der Waals surface area (Å²) in [6.07, 6.45) is 2.11. The third kappa shape index (κ3) is 5.67. The van der Waals surface area contributed by atoms with Crippen molar-refractivity contribution in [3.8, 4) is 5.75 Å². The fraction of sp³-hybridized carbons (Fsp3) is 0.667. The van der Waals surface area contributed by atoms with E-state index < -0.39 is 0 Å². The van der Waals surface area contributed by atoms with E-state index >= 15 is 0 Å². The number of hydrogen-bond donors (Lipinski definition) is 1. The third-order valence-corrected chi connectivity index (χ3v) is 4.98. The Morgan fingerprint density at radius 2 is 2.07 bits per heavy atom. The minimum absolute atomic E-state index is 0.164. The molecular weight excluding hydrogens is 354 g/mol. The number of fused-ring (bicyclic) bond motifs is 1. The maximum absolute atomic E-state index is 5.61. The summed E-state index contributed by atoms with van der Waals surface area (Å²) in [5.74, 6) is 1.83. The zero-order valence-corrected chi connectivity index (χ0v) is 18.2. The Bertz CT molecular complexity index is 781. The van der Waals surface area contributed by atoms with Crippen molar-refractivity contribution >= 4 is 11.0 Å². The number of likely N-dealkylation sites (tertiary alicyclic amines) is 1. The van der Waals surface area contributed by atoms with Gasteiger partial charge in [-0.15, -0.1) is 0 Å². The second-order valence-electron chi connectivity index (χ2n) is 9.35. The van der Waals surface area contributed by atoms with Crippen LogP contribution >= 0.6 is 0 Å². The molecular formula is C21H35N5O2. The fourth-order valence-electron chi connectivity index (χ4n) is 3.51. The highest BCUT2D eigenvalue weighted by atomic mass is 16.9. The van der Waals surface area contributed by atoms with Crippen LogP contribution in [0.4, 0.5) is 0 Å². The van der Waals surface area contributed by atoms with Crippen LogP contribution in [0.15, 0.2) is 18.2 Å². The van der Waals surface area contributed by atoms with Crippen molar-refractivity contribution in [3.63, 3.8) is 0 Å². The van der Waals surface area contributed by atoms with Crippen LogP contribution in [0.3, 0.4) is 0 Å². The van der Waals surface area contributed by atoms with Crippen LogP contribution in [0.2, 0.25) is 0 Å². The molecule has 1 aromatic carbocycles. The van der Waals surface area contributed by atoms with E-state index in [1.165, 1.54) is 0 Å². The number of nitrogens with zero attached hydrogens (tertiary/aromatic N) is 4. The van der Waals surface area contributed by atoms with Gasteiger partial charge in [0.15, 0.2) is 5.75 Å². The van der Waals surface area contributed by atoms with Crippen molar-refractivity contribution in [2.24, 2.45) is 5.41 Å². The predicted molar refractivity (Wildman–Crippen MR) is 112 cm³/mol. The topological polar surface area (TPSA) is 54.8 Å². The van der Waals surface area contributed by atoms with E-state index in [1.807, 2.05) is 12.1 Å². The largest absolute Gasteiger partial charge is 0.383 e. The molecule has 28 heavy (non-hydrogen) atoms. The highest BCUT2D eigenvalue weighted by Gasteiger charge is 2.21. The molecule has 0 radical (unpaired) electrons. The molecule has 0 aliphatic carbocycles. The Morgan fingerprint density at radius 3 is 2.71 bits per heavy atom. The first-order chi connectivity index (χ1) is 13.2. The van der Waals surface area contributed by atoms with E-state index in [0.29, 0.717) is 5.75 Å². The number of hydrogen-bond acceptors (Lipinski definition) is 6. The zero-order valence-electron chi connectivity index (χ0n) is 18.2. The molecule has 1 N–H and O–H groups in total. The quantitative estimate of drug-likeness (QED) is 0.701. The van der Waals surface area contributed by atoms with Gasteiger partial charge in [0.2, 0.25) is 0 Å². The lowest BCUT2D eigenvalue weighted by Gasteiger charge is -2.19. The Balaban J connectivity index is 1.72. The number of nitrogens with one attached hydrogen (secondary N) is 1. The minimum Gasteiger partial charge on any atom is -0.383 e. The monoisotopic (exact) mass is 389 g/mol. The van der Waals surface area contributed by atoms with Gasteiger partial charge in [0.1, 0.15) is 5.82 Å². The van der Waals surface area contributed by atoms with Crippen molar-refractivity contribution in [3.05, 3.63) is 24.0 Å². The Labute approximate surface area is 168 Å². The zero-order chi connectivity index (χ0) is 20.3. The van der Waals surface area contributed by atoms with Gasteiger partial charge < -0.3 is 19.2 Å². The molecule has 0 amide bonds. The molecule has 0 saturated carbocycles. The normalized spacial score (nSPS) is 18.5. The van der Waals surface area contributed by atoms with E-state index in [0.717, 1.165) is 55.9 Å². The lowest BCUT2D eigenvalue weighted by atomic mass is 9.92. The second-order valence-corrected chi connectivity index (χ2v) is 9.35. The Kier molecular flexibility index (Phi) is 6.60. The molecule has 1 fully saturated rings. The lowest BCUT2D eigenvalue weighted by Crippen LogP contribution is -2.28. The molecule has 2 heterocycles. The molecule has 7 heteroatoms. The van der Waals surface area contributed by atoms with Gasteiger partial charge >= 0.3 is 0 Å². The van der Waals surface area contributed by atoms with Gasteiger partial charge in [-0.2, -0.15) is 0 Å². The van der Waals surface area contributed by atoms with Crippen LogP contribution in [-0.2, 0) is 17.8 Å². The van der Waals surface area contributed by atoms with Gasteiger partial charge in [-0.25, -0.2) is 4.98 Å². The van der Waals surface area contributed by atoms with E-state index in [-0.39, 0.29) is 11.5 Å². The van der Waals surface area contributed by atoms with Crippen LogP contribution in [0.25, 0.3) is 11.0 Å². The molecule has 1 unspecified atom stereocenters. The standard InChI is InChI=1S/C21H35N5O2/c1-21(2,3)14-20-22-18-13-16(27-23-28-17-9-10-25(6)15-17)7-8-19(18)26(20)12-11-24(4)5/h7-8,13,17,23H,9-12,14-15H2,1-6H3. The highest BCUT2D eigenvalue weighted by molar-refractivity contribution is 5.77. The van der Waals surface area contributed by atoms with Crippen LogP contribution in [-0.4, -0.2) is 66.2 Å². The average Bonchev–Trinajstić information content (AvgIpc) is 3.14. The second kappa shape index (κ2) is 8.78.